The molecule has 1 N–H and O–H groups in total. The van der Waals surface area contributed by atoms with Crippen LogP contribution in [0.3, 0.4) is 0 Å². The highest BCUT2D eigenvalue weighted by atomic mass is 32.2. The first-order valence-electron chi connectivity index (χ1n) is 7.29. The van der Waals surface area contributed by atoms with Gasteiger partial charge in [0.15, 0.2) is 9.84 Å². The molecule has 7 heteroatoms. The van der Waals surface area contributed by atoms with Crippen molar-refractivity contribution in [1.82, 2.24) is 15.3 Å². The Morgan fingerprint density at radius 2 is 2.05 bits per heavy atom. The molecule has 0 aromatic carbocycles. The van der Waals surface area contributed by atoms with E-state index in [0.29, 0.717) is 12.5 Å². The molecule has 0 amide bonds. The van der Waals surface area contributed by atoms with Crippen molar-refractivity contribution in [3.05, 3.63) is 18.0 Å². The predicted molar refractivity (Wildman–Crippen MR) is 84.1 cm³/mol. The van der Waals surface area contributed by atoms with Crippen LogP contribution in [0.15, 0.2) is 12.3 Å². The first-order valence-corrected chi connectivity index (χ1v) is 9.25. The van der Waals surface area contributed by atoms with Gasteiger partial charge in [0, 0.05) is 39.1 Å². The molecular weight excluding hydrogens is 288 g/mol. The van der Waals surface area contributed by atoms with Crippen LogP contribution in [0.5, 0.6) is 0 Å². The molecule has 1 aliphatic carbocycles. The standard InChI is InChI=1S/C14H24N4O2S/c1-18(2)14-15-9-8-11(17-14)10-16-12-6-4-5-7-13(12)21(3,19)20/h8-9,12-13,16H,4-7,10H2,1-3H3. The molecule has 1 aromatic rings. The third-order valence-electron chi connectivity index (χ3n) is 3.90. The number of sulfone groups is 1. The molecule has 2 rings (SSSR count). The van der Waals surface area contributed by atoms with Crippen LogP contribution < -0.4 is 10.2 Å². The summed E-state index contributed by atoms with van der Waals surface area (Å²) in [4.78, 5) is 10.5. The summed E-state index contributed by atoms with van der Waals surface area (Å²) in [5, 5.41) is 3.10. The zero-order valence-electron chi connectivity index (χ0n) is 12.9. The smallest absolute Gasteiger partial charge is 0.225 e. The van der Waals surface area contributed by atoms with Gasteiger partial charge < -0.3 is 10.2 Å². The summed E-state index contributed by atoms with van der Waals surface area (Å²) in [5.74, 6) is 0.664. The third-order valence-corrected chi connectivity index (χ3v) is 5.56. The highest BCUT2D eigenvalue weighted by Crippen LogP contribution is 2.24. The van der Waals surface area contributed by atoms with E-state index in [1.807, 2.05) is 25.1 Å². The van der Waals surface area contributed by atoms with Gasteiger partial charge in [0.25, 0.3) is 0 Å². The van der Waals surface area contributed by atoms with Crippen molar-refractivity contribution in [1.29, 1.82) is 0 Å². The number of aromatic nitrogens is 2. The molecule has 0 radical (unpaired) electrons. The van der Waals surface area contributed by atoms with Gasteiger partial charge in [0.05, 0.1) is 10.9 Å². The van der Waals surface area contributed by atoms with Crippen LogP contribution in [0.25, 0.3) is 0 Å². The topological polar surface area (TPSA) is 75.2 Å². The lowest BCUT2D eigenvalue weighted by molar-refractivity contribution is 0.369. The van der Waals surface area contributed by atoms with E-state index in [0.717, 1.165) is 31.4 Å². The number of nitrogens with one attached hydrogen (secondary N) is 1. The van der Waals surface area contributed by atoms with Crippen LogP contribution in [-0.4, -0.2) is 50.0 Å². The van der Waals surface area contributed by atoms with E-state index in [2.05, 4.69) is 15.3 Å². The lowest BCUT2D eigenvalue weighted by Gasteiger charge is -2.31. The lowest BCUT2D eigenvalue weighted by Crippen LogP contribution is -2.45. The fraction of sp³-hybridized carbons (Fsp3) is 0.714. The van der Waals surface area contributed by atoms with Gasteiger partial charge in [-0.2, -0.15) is 0 Å². The van der Waals surface area contributed by atoms with Crippen LogP contribution in [0.4, 0.5) is 5.95 Å². The predicted octanol–water partition coefficient (Wildman–Crippen LogP) is 0.988. The van der Waals surface area contributed by atoms with Crippen molar-refractivity contribution in [3.63, 3.8) is 0 Å². The Morgan fingerprint density at radius 3 is 2.71 bits per heavy atom. The average molecular weight is 312 g/mol. The fourth-order valence-electron chi connectivity index (χ4n) is 2.78. The average Bonchev–Trinajstić information content (AvgIpc) is 2.45. The number of nitrogens with zero attached hydrogens (tertiary/aromatic N) is 3. The van der Waals surface area contributed by atoms with Gasteiger partial charge >= 0.3 is 0 Å². The first-order chi connectivity index (χ1) is 9.88. The zero-order chi connectivity index (χ0) is 15.5. The SMILES string of the molecule is CN(C)c1nccc(CNC2CCCCC2S(C)(=O)=O)n1. The number of rotatable bonds is 5. The molecule has 1 saturated carbocycles. The summed E-state index contributed by atoms with van der Waals surface area (Å²) < 4.78 is 23.8. The molecule has 1 heterocycles. The summed E-state index contributed by atoms with van der Waals surface area (Å²) >= 11 is 0. The normalized spacial score (nSPS) is 23.0. The Morgan fingerprint density at radius 1 is 1.33 bits per heavy atom. The largest absolute Gasteiger partial charge is 0.347 e. The minimum Gasteiger partial charge on any atom is -0.347 e. The summed E-state index contributed by atoms with van der Waals surface area (Å²) in [6.45, 7) is 0.569. The maximum absolute atomic E-state index is 11.9. The van der Waals surface area contributed by atoms with Crippen LogP contribution in [0, 0.1) is 0 Å². The molecule has 0 saturated heterocycles. The maximum atomic E-state index is 11.9. The first kappa shape index (κ1) is 16.2. The van der Waals surface area contributed by atoms with Gasteiger partial charge in [-0.1, -0.05) is 12.8 Å². The number of hydrogen-bond donors (Lipinski definition) is 1. The van der Waals surface area contributed by atoms with Gasteiger partial charge in [0.2, 0.25) is 5.95 Å². The van der Waals surface area contributed by atoms with Crippen LogP contribution in [0.2, 0.25) is 0 Å². The molecular formula is C14H24N4O2S. The second kappa shape index (κ2) is 6.70. The number of anilines is 1. The van der Waals surface area contributed by atoms with Crippen molar-refractivity contribution in [3.8, 4) is 0 Å². The summed E-state index contributed by atoms with van der Waals surface area (Å²) in [6, 6.07) is 1.88. The second-order valence-electron chi connectivity index (χ2n) is 5.88. The number of hydrogen-bond acceptors (Lipinski definition) is 6. The molecule has 0 bridgehead atoms. The maximum Gasteiger partial charge on any atom is 0.225 e. The monoisotopic (exact) mass is 312 g/mol. The minimum absolute atomic E-state index is 0.0199. The van der Waals surface area contributed by atoms with Crippen molar-refractivity contribution < 1.29 is 8.42 Å². The van der Waals surface area contributed by atoms with Crippen LogP contribution in [-0.2, 0) is 16.4 Å². The van der Waals surface area contributed by atoms with Gasteiger partial charge in [-0.05, 0) is 18.9 Å². The summed E-state index contributed by atoms with van der Waals surface area (Å²) in [5.41, 5.74) is 0.881. The zero-order valence-corrected chi connectivity index (χ0v) is 13.7. The van der Waals surface area contributed by atoms with E-state index in [4.69, 9.17) is 0 Å². The van der Waals surface area contributed by atoms with Gasteiger partial charge in [-0.3, -0.25) is 0 Å². The Hall–Kier alpha value is -1.21. The summed E-state index contributed by atoms with van der Waals surface area (Å²) in [6.07, 6.45) is 6.80. The Kier molecular flexibility index (Phi) is 5.16. The molecule has 21 heavy (non-hydrogen) atoms. The fourth-order valence-corrected chi connectivity index (χ4v) is 4.20. The van der Waals surface area contributed by atoms with E-state index < -0.39 is 9.84 Å². The molecule has 1 aromatic heterocycles. The highest BCUT2D eigenvalue weighted by Gasteiger charge is 2.32. The summed E-state index contributed by atoms with van der Waals surface area (Å²) in [7, 11) is 0.788. The van der Waals surface area contributed by atoms with Crippen molar-refractivity contribution in [2.45, 2.75) is 43.5 Å². The van der Waals surface area contributed by atoms with Crippen LogP contribution in [0.1, 0.15) is 31.4 Å². The quantitative estimate of drug-likeness (QED) is 0.874. The van der Waals surface area contributed by atoms with E-state index in [9.17, 15) is 8.42 Å². The Bertz CT molecular complexity index is 574. The van der Waals surface area contributed by atoms with E-state index in [1.54, 1.807) is 6.20 Å². The van der Waals surface area contributed by atoms with Crippen molar-refractivity contribution in [2.75, 3.05) is 25.3 Å². The Balaban J connectivity index is 2.02. The Labute approximate surface area is 126 Å². The molecule has 0 spiro atoms. The minimum atomic E-state index is -3.00. The molecule has 118 valence electrons. The van der Waals surface area contributed by atoms with Gasteiger partial charge in [-0.15, -0.1) is 0 Å². The van der Waals surface area contributed by atoms with Gasteiger partial charge in [-0.25, -0.2) is 18.4 Å². The van der Waals surface area contributed by atoms with Gasteiger partial charge in [0.1, 0.15) is 0 Å². The molecule has 0 aliphatic heterocycles. The van der Waals surface area contributed by atoms with Crippen LogP contribution >= 0.6 is 0 Å². The molecule has 6 nitrogen and oxygen atoms in total. The molecule has 1 aliphatic rings. The van der Waals surface area contributed by atoms with E-state index >= 15 is 0 Å². The lowest BCUT2D eigenvalue weighted by atomic mass is 9.95. The van der Waals surface area contributed by atoms with Crippen molar-refractivity contribution >= 4 is 15.8 Å². The highest BCUT2D eigenvalue weighted by molar-refractivity contribution is 7.91. The molecule has 1 fully saturated rings. The molecule has 2 atom stereocenters. The van der Waals surface area contributed by atoms with E-state index in [-0.39, 0.29) is 11.3 Å². The van der Waals surface area contributed by atoms with Crippen molar-refractivity contribution in [2.24, 2.45) is 0 Å². The molecule has 2 unspecified atom stereocenters. The van der Waals surface area contributed by atoms with E-state index in [1.165, 1.54) is 6.26 Å². The second-order valence-corrected chi connectivity index (χ2v) is 8.15. The third kappa shape index (κ3) is 4.38.